The molecule has 2 heterocycles. The third-order valence-electron chi connectivity index (χ3n) is 7.20. The molecule has 7 nitrogen and oxygen atoms in total. The first-order valence-corrected chi connectivity index (χ1v) is 12.7. The number of hydrogen-bond donors (Lipinski definition) is 3. The van der Waals surface area contributed by atoms with Crippen LogP contribution in [0, 0.1) is 6.92 Å². The fourth-order valence-corrected chi connectivity index (χ4v) is 5.10. The van der Waals surface area contributed by atoms with Gasteiger partial charge >= 0.3 is 0 Å². The molecule has 2 aromatic heterocycles. The number of rotatable bonds is 8. The van der Waals surface area contributed by atoms with E-state index in [4.69, 9.17) is 5.73 Å². The number of hydrogen-bond acceptors (Lipinski definition) is 5. The first kappa shape index (κ1) is 25.6. The van der Waals surface area contributed by atoms with E-state index in [1.807, 2.05) is 79.2 Å². The minimum atomic E-state index is -1.47. The van der Waals surface area contributed by atoms with E-state index in [0.717, 1.165) is 45.3 Å². The van der Waals surface area contributed by atoms with Gasteiger partial charge in [-0.2, -0.15) is 0 Å². The molecular weight excluding hydrogens is 474 g/mol. The zero-order chi connectivity index (χ0) is 26.9. The van der Waals surface area contributed by atoms with Gasteiger partial charge in [-0.1, -0.05) is 60.2 Å². The highest BCUT2D eigenvalue weighted by Gasteiger charge is 2.37. The molecule has 38 heavy (non-hydrogen) atoms. The number of benzene rings is 3. The van der Waals surface area contributed by atoms with Gasteiger partial charge in [-0.15, -0.1) is 0 Å². The van der Waals surface area contributed by atoms with Crippen molar-refractivity contribution in [2.75, 3.05) is 13.1 Å². The number of aliphatic hydroxyl groups is 1. The molecule has 0 saturated heterocycles. The minimum Gasteiger partial charge on any atom is -0.374 e. The zero-order valence-electron chi connectivity index (χ0n) is 22.0. The third-order valence-corrected chi connectivity index (χ3v) is 7.20. The summed E-state index contributed by atoms with van der Waals surface area (Å²) in [6.45, 7) is 4.06. The monoisotopic (exact) mass is 507 g/mol. The predicted molar refractivity (Wildman–Crippen MR) is 152 cm³/mol. The maximum absolute atomic E-state index is 12.9. The molecular formula is C31H33N5O2. The number of imidazole rings is 1. The van der Waals surface area contributed by atoms with Crippen LogP contribution in [0.25, 0.3) is 22.0 Å². The normalized spacial score (nSPS) is 13.1. The number of nitrogens with zero attached hydrogens (tertiary/aromatic N) is 3. The molecule has 3 aromatic carbocycles. The fourth-order valence-electron chi connectivity index (χ4n) is 5.10. The first-order chi connectivity index (χ1) is 18.3. The van der Waals surface area contributed by atoms with Crippen LogP contribution in [0.5, 0.6) is 0 Å². The van der Waals surface area contributed by atoms with Crippen molar-refractivity contribution in [1.29, 1.82) is 0 Å². The largest absolute Gasteiger partial charge is 0.374 e. The second-order valence-corrected chi connectivity index (χ2v) is 9.82. The predicted octanol–water partition coefficient (Wildman–Crippen LogP) is 3.58. The lowest BCUT2D eigenvalue weighted by Crippen LogP contribution is -2.31. The molecule has 4 N–H and O–H groups in total. The molecule has 0 fully saturated rings. The Morgan fingerprint density at radius 2 is 1.76 bits per heavy atom. The first-order valence-electron chi connectivity index (χ1n) is 12.7. The number of nitrogens with two attached hydrogens (primary N) is 1. The van der Waals surface area contributed by atoms with Crippen LogP contribution in [0.3, 0.4) is 0 Å². The molecule has 0 bridgehead atoms. The van der Waals surface area contributed by atoms with Crippen molar-refractivity contribution >= 4 is 10.9 Å². The number of nitrogens with one attached hydrogen (secondary N) is 1. The molecule has 5 aromatic rings. The number of pyridine rings is 1. The molecule has 0 aliphatic rings. The van der Waals surface area contributed by atoms with Crippen molar-refractivity contribution in [2.45, 2.75) is 19.1 Å². The maximum Gasteiger partial charge on any atom is 0.251 e. The van der Waals surface area contributed by atoms with Gasteiger partial charge in [0, 0.05) is 45.2 Å². The highest BCUT2D eigenvalue weighted by atomic mass is 16.3. The molecule has 5 rings (SSSR count). The SMILES string of the molecule is Cc1cccc(-c2cc(=O)n(C)c3ccc(C(O)(c4ccc(CNCCN)cc4)c4cncn4C)cc23)c1. The van der Waals surface area contributed by atoms with E-state index in [1.165, 1.54) is 0 Å². The summed E-state index contributed by atoms with van der Waals surface area (Å²) in [7, 11) is 3.65. The Morgan fingerprint density at radius 3 is 2.45 bits per heavy atom. The minimum absolute atomic E-state index is 0.0810. The summed E-state index contributed by atoms with van der Waals surface area (Å²) < 4.78 is 3.48. The van der Waals surface area contributed by atoms with E-state index in [1.54, 1.807) is 30.2 Å². The molecule has 194 valence electrons. The molecule has 0 aliphatic carbocycles. The van der Waals surface area contributed by atoms with Crippen LogP contribution in [0.2, 0.25) is 0 Å². The summed E-state index contributed by atoms with van der Waals surface area (Å²) in [6.07, 6.45) is 3.39. The van der Waals surface area contributed by atoms with Crippen molar-refractivity contribution in [3.8, 4) is 11.1 Å². The average molecular weight is 508 g/mol. The Morgan fingerprint density at radius 1 is 1.00 bits per heavy atom. The number of fused-ring (bicyclic) bond motifs is 1. The van der Waals surface area contributed by atoms with Gasteiger partial charge in [0.1, 0.15) is 0 Å². The molecule has 1 unspecified atom stereocenters. The van der Waals surface area contributed by atoms with Gasteiger partial charge in [-0.25, -0.2) is 4.98 Å². The summed E-state index contributed by atoms with van der Waals surface area (Å²) in [4.78, 5) is 17.2. The van der Waals surface area contributed by atoms with Gasteiger partial charge < -0.3 is 25.3 Å². The van der Waals surface area contributed by atoms with Crippen LogP contribution >= 0.6 is 0 Å². The molecule has 0 spiro atoms. The van der Waals surface area contributed by atoms with Crippen molar-refractivity contribution in [3.05, 3.63) is 124 Å². The van der Waals surface area contributed by atoms with Crippen molar-refractivity contribution in [2.24, 2.45) is 19.8 Å². The Kier molecular flexibility index (Phi) is 6.99. The van der Waals surface area contributed by atoms with Gasteiger partial charge in [0.05, 0.1) is 23.7 Å². The van der Waals surface area contributed by atoms with Crippen LogP contribution in [0.15, 0.2) is 90.1 Å². The molecule has 0 saturated carbocycles. The highest BCUT2D eigenvalue weighted by Crippen LogP contribution is 2.39. The Labute approximate surface area is 222 Å². The van der Waals surface area contributed by atoms with Gasteiger partial charge in [0.2, 0.25) is 0 Å². The second-order valence-electron chi connectivity index (χ2n) is 9.82. The summed E-state index contributed by atoms with van der Waals surface area (Å²) in [5.41, 5.74) is 10.9. The Hall–Kier alpha value is -4.04. The summed E-state index contributed by atoms with van der Waals surface area (Å²) in [6, 6.07) is 23.5. The van der Waals surface area contributed by atoms with Gasteiger partial charge in [0.25, 0.3) is 5.56 Å². The lowest BCUT2D eigenvalue weighted by molar-refractivity contribution is 0.117. The van der Waals surface area contributed by atoms with Crippen LogP contribution in [-0.2, 0) is 26.2 Å². The number of aromatic nitrogens is 3. The highest BCUT2D eigenvalue weighted by molar-refractivity contribution is 5.95. The maximum atomic E-state index is 12.9. The van der Waals surface area contributed by atoms with E-state index in [0.29, 0.717) is 24.3 Å². The smallest absolute Gasteiger partial charge is 0.251 e. The molecule has 0 amide bonds. The average Bonchev–Trinajstić information content (AvgIpc) is 3.37. The summed E-state index contributed by atoms with van der Waals surface area (Å²) >= 11 is 0. The zero-order valence-corrected chi connectivity index (χ0v) is 22.0. The van der Waals surface area contributed by atoms with Crippen LogP contribution < -0.4 is 16.6 Å². The van der Waals surface area contributed by atoms with Crippen LogP contribution in [-0.4, -0.2) is 32.3 Å². The standard InChI is InChI=1S/C31H33N5O2/c1-21-5-4-6-23(15-21)26-17-30(37)36(3)28-12-11-25(16-27(26)28)31(38,29-19-34-20-35(29)2)24-9-7-22(8-10-24)18-33-14-13-32/h4-12,15-17,19-20,33,38H,13-14,18,32H2,1-3H3. The molecule has 0 aliphatic heterocycles. The topological polar surface area (TPSA) is 98.1 Å². The van der Waals surface area contributed by atoms with Gasteiger partial charge in [-0.05, 0) is 46.9 Å². The van der Waals surface area contributed by atoms with Gasteiger partial charge in [-0.3, -0.25) is 4.79 Å². The Bertz CT molecular complexity index is 1650. The lowest BCUT2D eigenvalue weighted by Gasteiger charge is -2.30. The second kappa shape index (κ2) is 10.4. The number of aryl methyl sites for hydroxylation is 3. The quantitative estimate of drug-likeness (QED) is 0.279. The summed E-state index contributed by atoms with van der Waals surface area (Å²) in [5.74, 6) is 0. The van der Waals surface area contributed by atoms with Crippen molar-refractivity contribution in [3.63, 3.8) is 0 Å². The van der Waals surface area contributed by atoms with Crippen molar-refractivity contribution < 1.29 is 5.11 Å². The van der Waals surface area contributed by atoms with E-state index < -0.39 is 5.60 Å². The van der Waals surface area contributed by atoms with E-state index in [-0.39, 0.29) is 5.56 Å². The third kappa shape index (κ3) is 4.56. The summed E-state index contributed by atoms with van der Waals surface area (Å²) in [5, 5.41) is 16.7. The van der Waals surface area contributed by atoms with E-state index in [9.17, 15) is 9.90 Å². The molecule has 0 radical (unpaired) electrons. The molecule has 7 heteroatoms. The van der Waals surface area contributed by atoms with Crippen LogP contribution in [0.4, 0.5) is 0 Å². The molecule has 1 atom stereocenters. The van der Waals surface area contributed by atoms with E-state index in [2.05, 4.69) is 16.4 Å². The van der Waals surface area contributed by atoms with Gasteiger partial charge in [0.15, 0.2) is 5.60 Å². The Balaban J connectivity index is 1.72. The van der Waals surface area contributed by atoms with Crippen LogP contribution in [0.1, 0.15) is 27.9 Å². The van der Waals surface area contributed by atoms with Crippen molar-refractivity contribution in [1.82, 2.24) is 19.4 Å². The lowest BCUT2D eigenvalue weighted by atomic mass is 9.82. The fraction of sp³-hybridized carbons (Fsp3) is 0.226. The van der Waals surface area contributed by atoms with E-state index >= 15 is 0 Å².